The minimum atomic E-state index is -0.799. The number of aliphatic hydroxyl groups is 1. The number of carbonyl (C=O) groups is 2. The molecule has 0 aliphatic carbocycles. The monoisotopic (exact) mass is 483 g/mol. The Balaban J connectivity index is 1.47. The molecule has 2 N–H and O–H groups in total. The molecule has 1 aliphatic rings. The Hall–Kier alpha value is -3.53. The van der Waals surface area contributed by atoms with Gasteiger partial charge in [0.1, 0.15) is 23.4 Å². The van der Waals surface area contributed by atoms with Crippen LogP contribution in [0.5, 0.6) is 0 Å². The Kier molecular flexibility index (Phi) is 7.02. The molecule has 4 rings (SSSR count). The molecule has 1 saturated heterocycles. The smallest absolute Gasteiger partial charge is 0.243 e. The van der Waals surface area contributed by atoms with Gasteiger partial charge in [0.2, 0.25) is 11.8 Å². The molecule has 4 atom stereocenters. The minimum Gasteiger partial charge on any atom is -0.391 e. The molecule has 0 saturated carbocycles. The third-order valence-corrected chi connectivity index (χ3v) is 6.50. The molecule has 186 valence electrons. The number of rotatable bonds is 7. The van der Waals surface area contributed by atoms with Crippen LogP contribution in [0, 0.1) is 11.7 Å². The fourth-order valence-corrected chi connectivity index (χ4v) is 4.66. The van der Waals surface area contributed by atoms with E-state index in [9.17, 15) is 19.1 Å². The van der Waals surface area contributed by atoms with E-state index in [0.717, 1.165) is 5.56 Å². The molecule has 0 unspecified atom stereocenters. The predicted molar refractivity (Wildman–Crippen MR) is 125 cm³/mol. The van der Waals surface area contributed by atoms with Crippen LogP contribution in [0.15, 0.2) is 47.2 Å². The summed E-state index contributed by atoms with van der Waals surface area (Å²) in [5.74, 6) is -1.28. The van der Waals surface area contributed by atoms with Crippen molar-refractivity contribution in [3.63, 3.8) is 0 Å². The largest absolute Gasteiger partial charge is 0.391 e. The molecular weight excluding hydrogens is 453 g/mol. The number of aromatic nitrogens is 3. The van der Waals surface area contributed by atoms with Gasteiger partial charge in [0, 0.05) is 31.6 Å². The number of nitrogens with one attached hydrogen (secondary N) is 1. The fourth-order valence-electron chi connectivity index (χ4n) is 4.66. The molecule has 10 heteroatoms. The highest BCUT2D eigenvalue weighted by Crippen LogP contribution is 2.31. The number of benzene rings is 1. The lowest BCUT2D eigenvalue weighted by Gasteiger charge is -2.29. The highest BCUT2D eigenvalue weighted by atomic mass is 19.1. The number of halogens is 1. The summed E-state index contributed by atoms with van der Waals surface area (Å²) in [6.45, 7) is 5.71. The topological polar surface area (TPSA) is 113 Å². The number of aryl methyl sites for hydroxylation is 1. The first-order chi connectivity index (χ1) is 16.7. The van der Waals surface area contributed by atoms with E-state index in [2.05, 4.69) is 15.6 Å². The van der Waals surface area contributed by atoms with Crippen molar-refractivity contribution >= 4 is 11.8 Å². The second kappa shape index (κ2) is 9.99. The Morgan fingerprint density at radius 2 is 1.91 bits per heavy atom. The summed E-state index contributed by atoms with van der Waals surface area (Å²) in [6, 6.07) is 7.67. The van der Waals surface area contributed by atoms with Gasteiger partial charge in [0.25, 0.3) is 0 Å². The van der Waals surface area contributed by atoms with Crippen molar-refractivity contribution in [3.8, 4) is 11.3 Å². The molecule has 3 heterocycles. The van der Waals surface area contributed by atoms with Gasteiger partial charge in [-0.3, -0.25) is 14.3 Å². The lowest BCUT2D eigenvalue weighted by atomic mass is 9.91. The highest BCUT2D eigenvalue weighted by molar-refractivity contribution is 5.91. The number of carbonyl (C=O) groups excluding carboxylic acids is 2. The average Bonchev–Trinajstić information content (AvgIpc) is 3.55. The minimum absolute atomic E-state index is 0.0770. The second-order valence-electron chi connectivity index (χ2n) is 9.35. The Morgan fingerprint density at radius 3 is 2.49 bits per heavy atom. The average molecular weight is 484 g/mol. The molecule has 0 radical (unpaired) electrons. The zero-order valence-electron chi connectivity index (χ0n) is 20.2. The standard InChI is InChI=1S/C25H30FN5O4/c1-14(2)22(21-9-10-28-35-21)25(34)31-13-18(32)11-20(31)24(33)29-15(3)16-5-7-17(8-6-16)23-19(26)12-27-30(23)4/h5-10,12,14-15,18,20,22,32H,11,13H2,1-4H3,(H,29,33)/t15-,18+,20-,22+/m0/s1. The van der Waals surface area contributed by atoms with Crippen LogP contribution in [0.2, 0.25) is 0 Å². The molecule has 0 spiro atoms. The SMILES string of the molecule is CC(C)[C@@H](C(=O)N1C[C@H](O)C[C@H]1C(=O)N[C@@H](C)c1ccc(-c2c(F)cnn2C)cc1)c1ccno1. The van der Waals surface area contributed by atoms with E-state index in [1.54, 1.807) is 25.2 Å². The van der Waals surface area contributed by atoms with Crippen molar-refractivity contribution in [2.24, 2.45) is 13.0 Å². The summed E-state index contributed by atoms with van der Waals surface area (Å²) >= 11 is 0. The van der Waals surface area contributed by atoms with Crippen molar-refractivity contribution in [2.75, 3.05) is 6.54 Å². The van der Waals surface area contributed by atoms with Crippen LogP contribution in [-0.2, 0) is 16.6 Å². The van der Waals surface area contributed by atoms with Crippen LogP contribution >= 0.6 is 0 Å². The third-order valence-electron chi connectivity index (χ3n) is 6.50. The van der Waals surface area contributed by atoms with Crippen molar-refractivity contribution in [2.45, 2.75) is 51.3 Å². The van der Waals surface area contributed by atoms with Crippen LogP contribution in [0.3, 0.4) is 0 Å². The van der Waals surface area contributed by atoms with Crippen molar-refractivity contribution < 1.29 is 23.6 Å². The third kappa shape index (κ3) is 4.97. The van der Waals surface area contributed by atoms with Gasteiger partial charge in [-0.1, -0.05) is 43.3 Å². The van der Waals surface area contributed by atoms with Crippen LogP contribution in [0.1, 0.15) is 50.5 Å². The summed E-state index contributed by atoms with van der Waals surface area (Å²) in [6.07, 6.45) is 2.02. The molecule has 3 aromatic rings. The molecule has 2 aromatic heterocycles. The number of likely N-dealkylation sites (tertiary alicyclic amines) is 1. The van der Waals surface area contributed by atoms with Crippen LogP contribution < -0.4 is 5.32 Å². The number of nitrogens with zero attached hydrogens (tertiary/aromatic N) is 4. The van der Waals surface area contributed by atoms with E-state index in [1.165, 1.54) is 22.0 Å². The first-order valence-electron chi connectivity index (χ1n) is 11.6. The summed E-state index contributed by atoms with van der Waals surface area (Å²) in [5.41, 5.74) is 1.88. The fraction of sp³-hybridized carbons (Fsp3) is 0.440. The lowest BCUT2D eigenvalue weighted by Crippen LogP contribution is -2.48. The summed E-state index contributed by atoms with van der Waals surface area (Å²) < 4.78 is 20.7. The Labute approximate surface area is 202 Å². The van der Waals surface area contributed by atoms with Gasteiger partial charge in [-0.15, -0.1) is 0 Å². The van der Waals surface area contributed by atoms with Gasteiger partial charge in [0.05, 0.1) is 24.5 Å². The van der Waals surface area contributed by atoms with Gasteiger partial charge < -0.3 is 19.8 Å². The van der Waals surface area contributed by atoms with Crippen molar-refractivity contribution in [3.05, 3.63) is 59.9 Å². The van der Waals surface area contributed by atoms with Crippen molar-refractivity contribution in [1.82, 2.24) is 25.2 Å². The molecular formula is C25H30FN5O4. The predicted octanol–water partition coefficient (Wildman–Crippen LogP) is 2.79. The van der Waals surface area contributed by atoms with E-state index in [4.69, 9.17) is 4.52 Å². The molecule has 0 bridgehead atoms. The zero-order valence-corrected chi connectivity index (χ0v) is 20.2. The van der Waals surface area contributed by atoms with Gasteiger partial charge in [0.15, 0.2) is 5.82 Å². The van der Waals surface area contributed by atoms with E-state index >= 15 is 0 Å². The van der Waals surface area contributed by atoms with E-state index < -0.39 is 23.9 Å². The van der Waals surface area contributed by atoms with Gasteiger partial charge in [-0.05, 0) is 18.4 Å². The van der Waals surface area contributed by atoms with Crippen LogP contribution in [0.25, 0.3) is 11.3 Å². The molecule has 35 heavy (non-hydrogen) atoms. The Morgan fingerprint density at radius 1 is 1.20 bits per heavy atom. The molecule has 1 aromatic carbocycles. The normalized spacial score (nSPS) is 19.7. The number of hydrogen-bond acceptors (Lipinski definition) is 6. The van der Waals surface area contributed by atoms with E-state index in [-0.39, 0.29) is 36.7 Å². The maximum Gasteiger partial charge on any atom is 0.243 e. The van der Waals surface area contributed by atoms with Gasteiger partial charge >= 0.3 is 0 Å². The van der Waals surface area contributed by atoms with Crippen LogP contribution in [-0.4, -0.2) is 55.4 Å². The molecule has 1 fully saturated rings. The molecule has 9 nitrogen and oxygen atoms in total. The quantitative estimate of drug-likeness (QED) is 0.534. The number of amides is 2. The first kappa shape index (κ1) is 24.6. The zero-order chi connectivity index (χ0) is 25.3. The second-order valence-corrected chi connectivity index (χ2v) is 9.35. The van der Waals surface area contributed by atoms with Crippen LogP contribution in [0.4, 0.5) is 4.39 Å². The van der Waals surface area contributed by atoms with Crippen molar-refractivity contribution in [1.29, 1.82) is 0 Å². The number of β-amino-alcohol motifs (C(OH)–C–C–N with tert-alkyl or cyclic N) is 1. The molecule has 2 amide bonds. The summed E-state index contributed by atoms with van der Waals surface area (Å²) in [7, 11) is 1.67. The molecule has 1 aliphatic heterocycles. The van der Waals surface area contributed by atoms with Gasteiger partial charge in [-0.2, -0.15) is 5.10 Å². The number of hydrogen-bond donors (Lipinski definition) is 2. The van der Waals surface area contributed by atoms with E-state index in [1.807, 2.05) is 32.9 Å². The Bertz CT molecular complexity index is 1160. The first-order valence-corrected chi connectivity index (χ1v) is 11.6. The van der Waals surface area contributed by atoms with Gasteiger partial charge in [-0.25, -0.2) is 4.39 Å². The number of aliphatic hydroxyl groups excluding tert-OH is 1. The maximum atomic E-state index is 14.0. The van der Waals surface area contributed by atoms with E-state index in [0.29, 0.717) is 17.0 Å². The summed E-state index contributed by atoms with van der Waals surface area (Å²) in [4.78, 5) is 28.1. The lowest BCUT2D eigenvalue weighted by molar-refractivity contribution is -0.141. The summed E-state index contributed by atoms with van der Waals surface area (Å²) in [5, 5.41) is 20.9. The maximum absolute atomic E-state index is 14.0. The highest BCUT2D eigenvalue weighted by Gasteiger charge is 2.43.